The Morgan fingerprint density at radius 1 is 1.05 bits per heavy atom. The molecule has 40 heavy (non-hydrogen) atoms. The van der Waals surface area contributed by atoms with Crippen LogP contribution in [-0.4, -0.2) is 55.6 Å². The van der Waals surface area contributed by atoms with Gasteiger partial charge in [0.15, 0.2) is 17.1 Å². The molecule has 0 fully saturated rings. The molecule has 0 saturated heterocycles. The van der Waals surface area contributed by atoms with Gasteiger partial charge in [-0.25, -0.2) is 27.3 Å². The minimum absolute atomic E-state index is 0.0650. The highest BCUT2D eigenvalue weighted by Gasteiger charge is 2.29. The van der Waals surface area contributed by atoms with Gasteiger partial charge in [0.2, 0.25) is 5.91 Å². The molecule has 2 N–H and O–H groups in total. The largest absolute Gasteiger partial charge is 0.486 e. The molecule has 0 saturated carbocycles. The van der Waals surface area contributed by atoms with Gasteiger partial charge in [0.05, 0.1) is 0 Å². The van der Waals surface area contributed by atoms with Gasteiger partial charge in [-0.05, 0) is 48.0 Å². The van der Waals surface area contributed by atoms with E-state index in [1.165, 1.54) is 30.4 Å². The standard InChI is InChI=1S/C26H23F2N5O6S/c1-32(20-4-5-22-23(15-20)39-10-9-38-22)25(34)21(13-16-11-18(27)14-19(28)12-16)30-26(35)31-40(36,37)33-8-6-17-3-2-7-29-24(17)33/h2-8,11-12,14-15,21H,9-10,13H2,1H3,(H2,30,31,35)/t21-/m0/s1. The SMILES string of the molecule is CN(C(=O)[C@H](Cc1cc(F)cc(F)c1)NC(=O)NS(=O)(=O)n1ccc2cccnc21)c1ccc2c(c1)OCCO2. The molecule has 11 nitrogen and oxygen atoms in total. The highest BCUT2D eigenvalue weighted by atomic mass is 32.2. The fourth-order valence-electron chi connectivity index (χ4n) is 4.26. The van der Waals surface area contributed by atoms with Crippen LogP contribution in [0.25, 0.3) is 11.0 Å². The molecule has 2 aromatic heterocycles. The number of aromatic nitrogens is 2. The minimum atomic E-state index is -4.47. The van der Waals surface area contributed by atoms with Crippen LogP contribution in [0.15, 0.2) is 67.0 Å². The van der Waals surface area contributed by atoms with Crippen LogP contribution in [-0.2, 0) is 21.4 Å². The molecule has 2 aromatic carbocycles. The maximum atomic E-state index is 13.9. The van der Waals surface area contributed by atoms with Gasteiger partial charge < -0.3 is 19.7 Å². The third-order valence-corrected chi connectivity index (χ3v) is 7.36. The van der Waals surface area contributed by atoms with Crippen molar-refractivity contribution in [2.45, 2.75) is 12.5 Å². The molecule has 0 bridgehead atoms. The molecular weight excluding hydrogens is 548 g/mol. The van der Waals surface area contributed by atoms with Crippen molar-refractivity contribution in [1.82, 2.24) is 19.0 Å². The topological polar surface area (TPSA) is 132 Å². The number of hydrogen-bond acceptors (Lipinski definition) is 7. The highest BCUT2D eigenvalue weighted by molar-refractivity contribution is 7.88. The van der Waals surface area contributed by atoms with Gasteiger partial charge in [-0.2, -0.15) is 8.42 Å². The number of carbonyl (C=O) groups excluding carboxylic acids is 2. The summed E-state index contributed by atoms with van der Waals surface area (Å²) in [4.78, 5) is 31.7. The van der Waals surface area contributed by atoms with Gasteiger partial charge >= 0.3 is 16.2 Å². The lowest BCUT2D eigenvalue weighted by Gasteiger charge is -2.26. The van der Waals surface area contributed by atoms with E-state index < -0.39 is 39.8 Å². The van der Waals surface area contributed by atoms with Crippen molar-refractivity contribution in [2.24, 2.45) is 0 Å². The van der Waals surface area contributed by atoms with Gasteiger partial charge in [0.1, 0.15) is 30.9 Å². The van der Waals surface area contributed by atoms with Crippen molar-refractivity contribution >= 4 is 38.9 Å². The lowest BCUT2D eigenvalue weighted by atomic mass is 10.0. The average Bonchev–Trinajstić information content (AvgIpc) is 3.36. The maximum Gasteiger partial charge on any atom is 0.332 e. The van der Waals surface area contributed by atoms with Crippen molar-refractivity contribution in [2.75, 3.05) is 25.2 Å². The first-order valence-corrected chi connectivity index (χ1v) is 13.4. The second-order valence-electron chi connectivity index (χ2n) is 8.87. The summed E-state index contributed by atoms with van der Waals surface area (Å²) in [7, 11) is -3.03. The van der Waals surface area contributed by atoms with Crippen molar-refractivity contribution in [1.29, 1.82) is 0 Å². The normalized spacial score (nSPS) is 13.5. The van der Waals surface area contributed by atoms with Crippen LogP contribution in [0.4, 0.5) is 19.3 Å². The number of fused-ring (bicyclic) bond motifs is 2. The van der Waals surface area contributed by atoms with Gasteiger partial charge in [-0.15, -0.1) is 0 Å². The number of rotatable bonds is 7. The number of nitrogens with zero attached hydrogens (tertiary/aromatic N) is 3. The monoisotopic (exact) mass is 571 g/mol. The first-order valence-electron chi connectivity index (χ1n) is 12.0. The molecule has 208 valence electrons. The van der Waals surface area contributed by atoms with E-state index in [0.29, 0.717) is 41.9 Å². The van der Waals surface area contributed by atoms with Crippen molar-refractivity contribution in [3.05, 3.63) is 84.2 Å². The predicted molar refractivity (Wildman–Crippen MR) is 140 cm³/mol. The second-order valence-corrected chi connectivity index (χ2v) is 10.4. The Balaban J connectivity index is 1.40. The number of likely N-dealkylation sites (N-methyl/N-ethyl adjacent to an activating group) is 1. The first kappa shape index (κ1) is 26.9. The highest BCUT2D eigenvalue weighted by Crippen LogP contribution is 2.34. The van der Waals surface area contributed by atoms with E-state index in [1.807, 2.05) is 4.72 Å². The van der Waals surface area contributed by atoms with E-state index in [0.717, 1.165) is 16.1 Å². The predicted octanol–water partition coefficient (Wildman–Crippen LogP) is 2.75. The smallest absolute Gasteiger partial charge is 0.332 e. The summed E-state index contributed by atoms with van der Waals surface area (Å²) in [6, 6.07) is 9.61. The van der Waals surface area contributed by atoms with E-state index >= 15 is 0 Å². The fraction of sp³-hybridized carbons (Fsp3) is 0.192. The van der Waals surface area contributed by atoms with Gasteiger partial charge in [-0.3, -0.25) is 4.79 Å². The molecule has 0 spiro atoms. The molecule has 1 atom stereocenters. The Bertz CT molecular complexity index is 1690. The number of anilines is 1. The van der Waals surface area contributed by atoms with Crippen LogP contribution in [0.1, 0.15) is 5.56 Å². The lowest BCUT2D eigenvalue weighted by molar-refractivity contribution is -0.120. The average molecular weight is 572 g/mol. The maximum absolute atomic E-state index is 13.9. The number of hydrogen-bond donors (Lipinski definition) is 2. The Kier molecular flexibility index (Phi) is 7.26. The summed E-state index contributed by atoms with van der Waals surface area (Å²) in [6.07, 6.45) is 2.28. The number of benzene rings is 2. The number of ether oxygens (including phenoxy) is 2. The zero-order chi connectivity index (χ0) is 28.4. The molecule has 1 aliphatic heterocycles. The number of halogens is 2. The summed E-state index contributed by atoms with van der Waals surface area (Å²) in [6.45, 7) is 0.703. The van der Waals surface area contributed by atoms with E-state index in [2.05, 4.69) is 10.3 Å². The summed E-state index contributed by atoms with van der Waals surface area (Å²) in [5, 5.41) is 2.85. The van der Waals surface area contributed by atoms with E-state index in [-0.39, 0.29) is 17.6 Å². The molecule has 0 radical (unpaired) electrons. The lowest BCUT2D eigenvalue weighted by Crippen LogP contribution is -2.53. The van der Waals surface area contributed by atoms with Crippen LogP contribution < -0.4 is 24.4 Å². The molecule has 3 amide bonds. The number of carbonyl (C=O) groups is 2. The molecule has 0 aliphatic carbocycles. The van der Waals surface area contributed by atoms with Gasteiger partial charge in [0.25, 0.3) is 0 Å². The molecular formula is C26H23F2N5O6S. The quantitative estimate of drug-likeness (QED) is 0.349. The number of nitrogens with one attached hydrogen (secondary N) is 2. The molecule has 3 heterocycles. The molecule has 0 unspecified atom stereocenters. The van der Waals surface area contributed by atoms with Gasteiger partial charge in [0, 0.05) is 49.1 Å². The Morgan fingerprint density at radius 2 is 1.77 bits per heavy atom. The van der Waals surface area contributed by atoms with Crippen molar-refractivity contribution in [3.8, 4) is 11.5 Å². The van der Waals surface area contributed by atoms with E-state index in [4.69, 9.17) is 9.47 Å². The summed E-state index contributed by atoms with van der Waals surface area (Å²) >= 11 is 0. The minimum Gasteiger partial charge on any atom is -0.486 e. The number of pyridine rings is 1. The second kappa shape index (κ2) is 10.8. The first-order chi connectivity index (χ1) is 19.1. The van der Waals surface area contributed by atoms with E-state index in [9.17, 15) is 26.8 Å². The van der Waals surface area contributed by atoms with Crippen molar-refractivity contribution < 1.29 is 36.3 Å². The third kappa shape index (κ3) is 5.66. The fourth-order valence-corrected chi connectivity index (χ4v) is 5.25. The molecule has 4 aromatic rings. The van der Waals surface area contributed by atoms with Crippen LogP contribution in [0.5, 0.6) is 11.5 Å². The molecule has 5 rings (SSSR count). The third-order valence-electron chi connectivity index (χ3n) is 6.10. The Labute approximate surface area is 227 Å². The van der Waals surface area contributed by atoms with Crippen LogP contribution in [0, 0.1) is 11.6 Å². The Hall–Kier alpha value is -4.72. The molecule has 1 aliphatic rings. The van der Waals surface area contributed by atoms with Gasteiger partial charge in [-0.1, -0.05) is 0 Å². The van der Waals surface area contributed by atoms with E-state index in [1.54, 1.807) is 30.3 Å². The van der Waals surface area contributed by atoms with Crippen LogP contribution >= 0.6 is 0 Å². The summed E-state index contributed by atoms with van der Waals surface area (Å²) < 4.78 is 67.3. The van der Waals surface area contributed by atoms with Crippen LogP contribution in [0.2, 0.25) is 0 Å². The zero-order valence-electron chi connectivity index (χ0n) is 21.0. The van der Waals surface area contributed by atoms with Crippen molar-refractivity contribution in [3.63, 3.8) is 0 Å². The Morgan fingerprint density at radius 3 is 2.52 bits per heavy atom. The summed E-state index contributed by atoms with van der Waals surface area (Å²) in [5.41, 5.74) is 0.531. The number of urea groups is 1. The summed E-state index contributed by atoms with van der Waals surface area (Å²) in [5.74, 6) is -1.53. The number of amides is 3. The van der Waals surface area contributed by atoms with Crippen LogP contribution in [0.3, 0.4) is 0 Å². The molecule has 14 heteroatoms. The zero-order valence-corrected chi connectivity index (χ0v) is 21.8.